The topological polar surface area (TPSA) is 77.2 Å². The maximum Gasteiger partial charge on any atom is 0.261 e. The largest absolute Gasteiger partial charge is 0.481 e. The lowest BCUT2D eigenvalue weighted by molar-refractivity contribution is -0.128. The lowest BCUT2D eigenvalue weighted by atomic mass is 9.92. The lowest BCUT2D eigenvalue weighted by Crippen LogP contribution is -2.37. The Bertz CT molecular complexity index is 1020. The number of hydrogen-bond donors (Lipinski definition) is 1. The summed E-state index contributed by atoms with van der Waals surface area (Å²) in [5, 5.41) is 7.42. The fourth-order valence-corrected chi connectivity index (χ4v) is 3.72. The normalized spacial score (nSPS) is 14.1. The number of amides is 1. The van der Waals surface area contributed by atoms with Crippen molar-refractivity contribution in [2.75, 3.05) is 0 Å². The number of halogens is 1. The number of carbonyl (C=O) groups is 1. The molecule has 0 unspecified atom stereocenters. The molecule has 0 saturated carbocycles. The van der Waals surface area contributed by atoms with Gasteiger partial charge in [-0.2, -0.15) is 4.98 Å². The Hall–Kier alpha value is -2.86. The Kier molecular flexibility index (Phi) is 6.33. The molecule has 1 amide bonds. The molecule has 0 bridgehead atoms. The van der Waals surface area contributed by atoms with Crippen molar-refractivity contribution in [2.24, 2.45) is 0 Å². The van der Waals surface area contributed by atoms with Gasteiger partial charge in [-0.25, -0.2) is 0 Å². The molecule has 1 atom stereocenters. The van der Waals surface area contributed by atoms with E-state index in [0.717, 1.165) is 24.2 Å². The molecule has 1 aliphatic carbocycles. The van der Waals surface area contributed by atoms with E-state index in [1.807, 2.05) is 25.1 Å². The zero-order chi connectivity index (χ0) is 20.9. The van der Waals surface area contributed by atoms with Crippen molar-refractivity contribution < 1.29 is 14.1 Å². The van der Waals surface area contributed by atoms with Crippen molar-refractivity contribution >= 4 is 17.5 Å². The molecular weight excluding hydrogens is 402 g/mol. The van der Waals surface area contributed by atoms with Crippen LogP contribution in [-0.2, 0) is 24.2 Å². The second-order valence-electron chi connectivity index (χ2n) is 7.39. The highest BCUT2D eigenvalue weighted by molar-refractivity contribution is 6.30. The van der Waals surface area contributed by atoms with Gasteiger partial charge in [-0.3, -0.25) is 4.79 Å². The average molecular weight is 426 g/mol. The lowest BCUT2D eigenvalue weighted by Gasteiger charge is -2.20. The van der Waals surface area contributed by atoms with Crippen LogP contribution in [0.25, 0.3) is 11.4 Å². The highest BCUT2D eigenvalue weighted by atomic mass is 35.5. The van der Waals surface area contributed by atoms with Crippen molar-refractivity contribution in [1.29, 1.82) is 0 Å². The van der Waals surface area contributed by atoms with Gasteiger partial charge in [0.05, 0.1) is 6.54 Å². The van der Waals surface area contributed by atoms with Gasteiger partial charge < -0.3 is 14.6 Å². The molecule has 0 fully saturated rings. The number of benzene rings is 2. The summed E-state index contributed by atoms with van der Waals surface area (Å²) in [6.45, 7) is 2.07. The maximum atomic E-state index is 12.6. The van der Waals surface area contributed by atoms with E-state index in [9.17, 15) is 4.79 Å². The summed E-state index contributed by atoms with van der Waals surface area (Å²) in [7, 11) is 0. The van der Waals surface area contributed by atoms with Gasteiger partial charge in [0.2, 0.25) is 11.7 Å². The molecule has 7 heteroatoms. The second kappa shape index (κ2) is 9.30. The van der Waals surface area contributed by atoms with Gasteiger partial charge in [-0.1, -0.05) is 29.7 Å². The molecule has 0 radical (unpaired) electrons. The molecule has 2 aromatic carbocycles. The van der Waals surface area contributed by atoms with Gasteiger partial charge in [0.25, 0.3) is 5.91 Å². The van der Waals surface area contributed by atoms with Crippen LogP contribution in [0.4, 0.5) is 0 Å². The van der Waals surface area contributed by atoms with E-state index in [2.05, 4.69) is 27.6 Å². The molecule has 0 saturated heterocycles. The SMILES string of the molecule is CC[C@H](Oc1ccc2c(c1)CCCC2)C(=O)NCc1nc(-c2ccc(Cl)cc2)no1. The monoisotopic (exact) mass is 425 g/mol. The Morgan fingerprint density at radius 2 is 1.93 bits per heavy atom. The van der Waals surface area contributed by atoms with Gasteiger partial charge in [0.1, 0.15) is 5.75 Å². The molecule has 1 heterocycles. The number of hydrogen-bond acceptors (Lipinski definition) is 5. The van der Waals surface area contributed by atoms with Crippen LogP contribution in [-0.4, -0.2) is 22.2 Å². The highest BCUT2D eigenvalue weighted by Crippen LogP contribution is 2.26. The number of nitrogens with zero attached hydrogens (tertiary/aromatic N) is 2. The fourth-order valence-electron chi connectivity index (χ4n) is 3.59. The predicted molar refractivity (Wildman–Crippen MR) is 114 cm³/mol. The summed E-state index contributed by atoms with van der Waals surface area (Å²) < 4.78 is 11.2. The number of aromatic nitrogens is 2. The number of aryl methyl sites for hydroxylation is 2. The number of nitrogens with one attached hydrogen (secondary N) is 1. The first-order valence-electron chi connectivity index (χ1n) is 10.3. The quantitative estimate of drug-likeness (QED) is 0.591. The third-order valence-electron chi connectivity index (χ3n) is 5.25. The molecule has 0 spiro atoms. The van der Waals surface area contributed by atoms with Gasteiger partial charge in [0.15, 0.2) is 6.10 Å². The van der Waals surface area contributed by atoms with Crippen molar-refractivity contribution in [3.05, 3.63) is 64.5 Å². The molecule has 3 aromatic rings. The second-order valence-corrected chi connectivity index (χ2v) is 7.83. The minimum absolute atomic E-state index is 0.142. The molecule has 156 valence electrons. The van der Waals surface area contributed by atoms with E-state index in [1.54, 1.807) is 12.1 Å². The number of rotatable bonds is 7. The summed E-state index contributed by atoms with van der Waals surface area (Å²) in [5.41, 5.74) is 3.51. The number of carbonyl (C=O) groups excluding carboxylic acids is 1. The van der Waals surface area contributed by atoms with Crippen LogP contribution in [0.3, 0.4) is 0 Å². The minimum atomic E-state index is -0.578. The summed E-state index contributed by atoms with van der Waals surface area (Å²) in [5.74, 6) is 1.31. The van der Waals surface area contributed by atoms with Crippen LogP contribution < -0.4 is 10.1 Å². The van der Waals surface area contributed by atoms with Crippen molar-refractivity contribution in [3.8, 4) is 17.1 Å². The van der Waals surface area contributed by atoms with E-state index in [4.69, 9.17) is 20.9 Å². The minimum Gasteiger partial charge on any atom is -0.481 e. The Morgan fingerprint density at radius 1 is 1.17 bits per heavy atom. The molecule has 1 aliphatic rings. The summed E-state index contributed by atoms with van der Waals surface area (Å²) in [6.07, 6.45) is 4.62. The summed E-state index contributed by atoms with van der Waals surface area (Å²) >= 11 is 5.90. The number of fused-ring (bicyclic) bond motifs is 1. The van der Waals surface area contributed by atoms with Crippen LogP contribution in [0, 0.1) is 0 Å². The molecule has 4 rings (SSSR count). The molecule has 6 nitrogen and oxygen atoms in total. The summed E-state index contributed by atoms with van der Waals surface area (Å²) in [6, 6.07) is 13.3. The van der Waals surface area contributed by atoms with Crippen LogP contribution in [0.15, 0.2) is 47.0 Å². The molecule has 30 heavy (non-hydrogen) atoms. The van der Waals surface area contributed by atoms with E-state index >= 15 is 0 Å². The Morgan fingerprint density at radius 3 is 2.70 bits per heavy atom. The molecule has 1 N–H and O–H groups in total. The van der Waals surface area contributed by atoms with E-state index in [1.165, 1.54) is 24.0 Å². The highest BCUT2D eigenvalue weighted by Gasteiger charge is 2.20. The maximum absolute atomic E-state index is 12.6. The van der Waals surface area contributed by atoms with Crippen molar-refractivity contribution in [2.45, 2.75) is 51.7 Å². The van der Waals surface area contributed by atoms with Gasteiger partial charge >= 0.3 is 0 Å². The Balaban J connectivity index is 1.35. The van der Waals surface area contributed by atoms with Crippen LogP contribution in [0.2, 0.25) is 5.02 Å². The van der Waals surface area contributed by atoms with E-state index < -0.39 is 6.10 Å². The smallest absolute Gasteiger partial charge is 0.261 e. The fraction of sp³-hybridized carbons (Fsp3) is 0.348. The third kappa shape index (κ3) is 4.82. The van der Waals surface area contributed by atoms with Gasteiger partial charge in [-0.05, 0) is 79.6 Å². The number of ether oxygens (including phenoxy) is 1. The molecular formula is C23H24ClN3O3. The standard InChI is InChI=1S/C23H24ClN3O3/c1-2-20(29-19-12-9-15-5-3-4-6-17(15)13-19)23(28)25-14-21-26-22(27-30-21)16-7-10-18(24)11-8-16/h7-13,20H,2-6,14H2,1H3,(H,25,28)/t20-/m0/s1. The van der Waals surface area contributed by atoms with E-state index in [0.29, 0.717) is 23.2 Å². The first-order chi connectivity index (χ1) is 14.6. The average Bonchev–Trinajstić information content (AvgIpc) is 3.25. The first-order valence-corrected chi connectivity index (χ1v) is 10.6. The zero-order valence-corrected chi connectivity index (χ0v) is 17.6. The van der Waals surface area contributed by atoms with Gasteiger partial charge in [-0.15, -0.1) is 0 Å². The van der Waals surface area contributed by atoms with Crippen LogP contribution >= 0.6 is 11.6 Å². The molecule has 1 aromatic heterocycles. The first kappa shape index (κ1) is 20.4. The van der Waals surface area contributed by atoms with Crippen molar-refractivity contribution in [3.63, 3.8) is 0 Å². The third-order valence-corrected chi connectivity index (χ3v) is 5.50. The van der Waals surface area contributed by atoms with Crippen LogP contribution in [0.5, 0.6) is 5.75 Å². The van der Waals surface area contributed by atoms with Gasteiger partial charge in [0, 0.05) is 10.6 Å². The Labute approximate surface area is 180 Å². The van der Waals surface area contributed by atoms with E-state index in [-0.39, 0.29) is 12.5 Å². The molecule has 0 aliphatic heterocycles. The van der Waals surface area contributed by atoms with Crippen molar-refractivity contribution in [1.82, 2.24) is 15.5 Å². The van der Waals surface area contributed by atoms with Crippen LogP contribution in [0.1, 0.15) is 43.2 Å². The summed E-state index contributed by atoms with van der Waals surface area (Å²) in [4.78, 5) is 16.9. The zero-order valence-electron chi connectivity index (χ0n) is 16.9. The predicted octanol–water partition coefficient (Wildman–Crippen LogP) is 4.74.